The molecule has 104 valence electrons. The predicted octanol–water partition coefficient (Wildman–Crippen LogP) is 3.89. The molecule has 3 rings (SSSR count). The van der Waals surface area contributed by atoms with E-state index in [4.69, 9.17) is 10.5 Å². The molecule has 0 radical (unpaired) electrons. The second-order valence-corrected chi connectivity index (χ2v) is 5.70. The Balaban J connectivity index is 1.70. The highest BCUT2D eigenvalue weighted by Gasteiger charge is 2.27. The summed E-state index contributed by atoms with van der Waals surface area (Å²) in [5.41, 5.74) is 8.94. The van der Waals surface area contributed by atoms with Gasteiger partial charge in [0.1, 0.15) is 5.75 Å². The Kier molecular flexibility index (Phi) is 3.75. The maximum absolute atomic E-state index is 6.40. The summed E-state index contributed by atoms with van der Waals surface area (Å²) in [4.78, 5) is 0. The van der Waals surface area contributed by atoms with Crippen molar-refractivity contribution in [2.45, 2.75) is 25.3 Å². The molecule has 2 N–H and O–H groups in total. The minimum atomic E-state index is 0.0870. The van der Waals surface area contributed by atoms with E-state index in [-0.39, 0.29) is 6.04 Å². The number of fused-ring (bicyclic) bond motifs is 1. The molecule has 0 saturated heterocycles. The first-order valence-electron chi connectivity index (χ1n) is 7.28. The van der Waals surface area contributed by atoms with E-state index in [2.05, 4.69) is 49.4 Å². The molecule has 3 unspecified atom stereocenters. The summed E-state index contributed by atoms with van der Waals surface area (Å²) in [6.07, 6.45) is 1.06. The summed E-state index contributed by atoms with van der Waals surface area (Å²) in [7, 11) is 0. The normalized spacial score (nSPS) is 20.0. The van der Waals surface area contributed by atoms with E-state index >= 15 is 0 Å². The Morgan fingerprint density at radius 3 is 2.60 bits per heavy atom. The van der Waals surface area contributed by atoms with Crippen molar-refractivity contribution in [1.29, 1.82) is 0 Å². The Bertz CT molecular complexity index is 567. The molecule has 0 saturated carbocycles. The van der Waals surface area contributed by atoms with Crippen molar-refractivity contribution in [2.24, 2.45) is 11.7 Å². The number of rotatable bonds is 4. The summed E-state index contributed by atoms with van der Waals surface area (Å²) in [6, 6.07) is 18.8. The maximum Gasteiger partial charge on any atom is 0.122 e. The van der Waals surface area contributed by atoms with Crippen molar-refractivity contribution in [3.8, 4) is 5.75 Å². The van der Waals surface area contributed by atoms with Crippen LogP contribution >= 0.6 is 0 Å². The lowest BCUT2D eigenvalue weighted by molar-refractivity contribution is 0.299. The van der Waals surface area contributed by atoms with Gasteiger partial charge in [-0.1, -0.05) is 55.5 Å². The Morgan fingerprint density at radius 1 is 1.10 bits per heavy atom. The highest BCUT2D eigenvalue weighted by atomic mass is 16.5. The van der Waals surface area contributed by atoms with Gasteiger partial charge in [-0.15, -0.1) is 0 Å². The monoisotopic (exact) mass is 267 g/mol. The molecule has 0 amide bonds. The first kappa shape index (κ1) is 13.2. The third-order valence-electron chi connectivity index (χ3n) is 4.25. The zero-order valence-corrected chi connectivity index (χ0v) is 11.8. The molecule has 1 heterocycles. The van der Waals surface area contributed by atoms with Gasteiger partial charge in [-0.2, -0.15) is 0 Å². The van der Waals surface area contributed by atoms with E-state index < -0.39 is 0 Å². The lowest BCUT2D eigenvalue weighted by Gasteiger charge is -2.23. The van der Waals surface area contributed by atoms with Crippen molar-refractivity contribution >= 4 is 0 Å². The number of hydrogen-bond acceptors (Lipinski definition) is 2. The quantitative estimate of drug-likeness (QED) is 0.912. The van der Waals surface area contributed by atoms with Crippen LogP contribution < -0.4 is 10.5 Å². The number of ether oxygens (including phenoxy) is 1. The minimum absolute atomic E-state index is 0.0870. The molecule has 0 bridgehead atoms. The minimum Gasteiger partial charge on any atom is -0.493 e. The van der Waals surface area contributed by atoms with Crippen LogP contribution in [0.1, 0.15) is 36.4 Å². The smallest absolute Gasteiger partial charge is 0.122 e. The number of benzene rings is 2. The van der Waals surface area contributed by atoms with E-state index in [0.717, 1.165) is 18.8 Å². The standard InChI is InChI=1S/C18H21NO/c1-13(18(19)14-7-3-2-4-8-14)11-15-12-20-17-10-6-5-9-16(15)17/h2-10,13,15,18H,11-12,19H2,1H3. The average molecular weight is 267 g/mol. The number of hydrogen-bond donors (Lipinski definition) is 1. The van der Waals surface area contributed by atoms with Crippen molar-refractivity contribution in [2.75, 3.05) is 6.61 Å². The maximum atomic E-state index is 6.40. The fraction of sp³-hybridized carbons (Fsp3) is 0.333. The van der Waals surface area contributed by atoms with Crippen LogP contribution in [0.25, 0.3) is 0 Å². The van der Waals surface area contributed by atoms with Crippen LogP contribution in [-0.2, 0) is 0 Å². The van der Waals surface area contributed by atoms with Crippen LogP contribution in [0.4, 0.5) is 0 Å². The molecule has 0 spiro atoms. The molecule has 2 aromatic rings. The fourth-order valence-electron chi connectivity index (χ4n) is 3.02. The number of nitrogens with two attached hydrogens (primary N) is 1. The summed E-state index contributed by atoms with van der Waals surface area (Å²) in [5.74, 6) is 1.94. The molecule has 0 aliphatic carbocycles. The van der Waals surface area contributed by atoms with Crippen molar-refractivity contribution in [3.63, 3.8) is 0 Å². The fourth-order valence-corrected chi connectivity index (χ4v) is 3.02. The largest absolute Gasteiger partial charge is 0.493 e. The summed E-state index contributed by atoms with van der Waals surface area (Å²) in [5, 5.41) is 0. The van der Waals surface area contributed by atoms with Crippen LogP contribution in [0.5, 0.6) is 5.75 Å². The summed E-state index contributed by atoms with van der Waals surface area (Å²) >= 11 is 0. The van der Waals surface area contributed by atoms with Gasteiger partial charge in [0.2, 0.25) is 0 Å². The average Bonchev–Trinajstić information content (AvgIpc) is 2.91. The highest BCUT2D eigenvalue weighted by molar-refractivity contribution is 5.39. The van der Waals surface area contributed by atoms with Crippen LogP contribution in [0, 0.1) is 5.92 Å². The third-order valence-corrected chi connectivity index (χ3v) is 4.25. The van der Waals surface area contributed by atoms with Gasteiger partial charge in [0, 0.05) is 17.5 Å². The summed E-state index contributed by atoms with van der Waals surface area (Å²) < 4.78 is 5.76. The number of para-hydroxylation sites is 1. The molecule has 0 fully saturated rings. The van der Waals surface area contributed by atoms with E-state index in [1.165, 1.54) is 11.1 Å². The second kappa shape index (κ2) is 5.68. The van der Waals surface area contributed by atoms with Gasteiger partial charge in [0.15, 0.2) is 0 Å². The van der Waals surface area contributed by atoms with E-state index in [1.807, 2.05) is 12.1 Å². The van der Waals surface area contributed by atoms with E-state index in [9.17, 15) is 0 Å². The van der Waals surface area contributed by atoms with Crippen molar-refractivity contribution in [3.05, 3.63) is 65.7 Å². The van der Waals surface area contributed by atoms with Gasteiger partial charge in [0.05, 0.1) is 6.61 Å². The molecule has 2 heteroatoms. The molecule has 3 atom stereocenters. The molecule has 0 aromatic heterocycles. The molecular weight excluding hydrogens is 246 g/mol. The molecule has 2 aromatic carbocycles. The topological polar surface area (TPSA) is 35.2 Å². The zero-order valence-electron chi connectivity index (χ0n) is 11.8. The molecule has 1 aliphatic heterocycles. The molecule has 20 heavy (non-hydrogen) atoms. The van der Waals surface area contributed by atoms with Gasteiger partial charge in [-0.05, 0) is 24.0 Å². The van der Waals surface area contributed by atoms with Gasteiger partial charge in [0.25, 0.3) is 0 Å². The lowest BCUT2D eigenvalue weighted by atomic mass is 9.85. The third kappa shape index (κ3) is 2.56. The first-order chi connectivity index (χ1) is 9.75. The van der Waals surface area contributed by atoms with Gasteiger partial charge in [-0.3, -0.25) is 0 Å². The van der Waals surface area contributed by atoms with E-state index in [0.29, 0.717) is 11.8 Å². The van der Waals surface area contributed by atoms with Crippen LogP contribution in [-0.4, -0.2) is 6.61 Å². The SMILES string of the molecule is CC(CC1COc2ccccc21)C(N)c1ccccc1. The van der Waals surface area contributed by atoms with Gasteiger partial charge in [-0.25, -0.2) is 0 Å². The lowest BCUT2D eigenvalue weighted by Crippen LogP contribution is -2.21. The van der Waals surface area contributed by atoms with Gasteiger partial charge < -0.3 is 10.5 Å². The predicted molar refractivity (Wildman–Crippen MR) is 81.8 cm³/mol. The Labute approximate surface area is 120 Å². The van der Waals surface area contributed by atoms with Crippen LogP contribution in [0.3, 0.4) is 0 Å². The molecule has 1 aliphatic rings. The first-order valence-corrected chi connectivity index (χ1v) is 7.28. The van der Waals surface area contributed by atoms with Crippen LogP contribution in [0.2, 0.25) is 0 Å². The molecule has 2 nitrogen and oxygen atoms in total. The van der Waals surface area contributed by atoms with Crippen molar-refractivity contribution in [1.82, 2.24) is 0 Å². The van der Waals surface area contributed by atoms with E-state index in [1.54, 1.807) is 0 Å². The highest BCUT2D eigenvalue weighted by Crippen LogP contribution is 2.39. The van der Waals surface area contributed by atoms with Gasteiger partial charge >= 0.3 is 0 Å². The van der Waals surface area contributed by atoms with Crippen LogP contribution in [0.15, 0.2) is 54.6 Å². The summed E-state index contributed by atoms with van der Waals surface area (Å²) in [6.45, 7) is 3.02. The Morgan fingerprint density at radius 2 is 1.80 bits per heavy atom. The zero-order chi connectivity index (χ0) is 13.9. The Hall–Kier alpha value is -1.80. The van der Waals surface area contributed by atoms with Crippen molar-refractivity contribution < 1.29 is 4.74 Å². The second-order valence-electron chi connectivity index (χ2n) is 5.70. The molecular formula is C18H21NO.